The fourth-order valence-corrected chi connectivity index (χ4v) is 3.45. The lowest BCUT2D eigenvalue weighted by molar-refractivity contribution is 0.647. The molecule has 0 aliphatic carbocycles. The maximum atomic E-state index is 9.51. The molecular weight excluding hydrogens is 336 g/mol. The van der Waals surface area contributed by atoms with Gasteiger partial charge >= 0.3 is 0 Å². The van der Waals surface area contributed by atoms with Gasteiger partial charge in [0, 0.05) is 37.8 Å². The van der Waals surface area contributed by atoms with Crippen molar-refractivity contribution < 1.29 is 0 Å². The maximum Gasteiger partial charge on any atom is 0.150 e. The van der Waals surface area contributed by atoms with E-state index < -0.39 is 0 Å². The van der Waals surface area contributed by atoms with Crippen LogP contribution >= 0.6 is 11.6 Å². The Morgan fingerprint density at radius 3 is 2.52 bits per heavy atom. The average Bonchev–Trinajstić information content (AvgIpc) is 2.67. The van der Waals surface area contributed by atoms with Crippen LogP contribution in [0.15, 0.2) is 43.0 Å². The van der Waals surface area contributed by atoms with E-state index in [1.54, 1.807) is 12.4 Å². The largest absolute Gasteiger partial charge is 0.366 e. The molecule has 1 aliphatic heterocycles. The molecule has 0 atom stereocenters. The highest BCUT2D eigenvalue weighted by molar-refractivity contribution is 6.32. The molecular formula is C18H15ClN6. The number of hydrogen-bond donors (Lipinski definition) is 0. The predicted molar refractivity (Wildman–Crippen MR) is 97.9 cm³/mol. The summed E-state index contributed by atoms with van der Waals surface area (Å²) >= 11 is 6.21. The molecule has 0 spiro atoms. The van der Waals surface area contributed by atoms with Crippen molar-refractivity contribution in [3.8, 4) is 6.07 Å². The molecule has 2 aromatic heterocycles. The molecule has 0 saturated carbocycles. The number of para-hydroxylation sites is 1. The minimum absolute atomic E-state index is 0.558. The fraction of sp³-hybridized carbons (Fsp3) is 0.222. The fourth-order valence-electron chi connectivity index (χ4n) is 3.23. The molecule has 0 radical (unpaired) electrons. The van der Waals surface area contributed by atoms with Gasteiger partial charge in [-0.3, -0.25) is 4.98 Å². The zero-order valence-corrected chi connectivity index (χ0v) is 14.2. The number of piperazine rings is 1. The minimum Gasteiger partial charge on any atom is -0.366 e. The van der Waals surface area contributed by atoms with E-state index in [-0.39, 0.29) is 0 Å². The summed E-state index contributed by atoms with van der Waals surface area (Å²) in [7, 11) is 0. The van der Waals surface area contributed by atoms with Crippen molar-refractivity contribution in [2.75, 3.05) is 36.0 Å². The smallest absolute Gasteiger partial charge is 0.150 e. The van der Waals surface area contributed by atoms with E-state index in [9.17, 15) is 5.26 Å². The van der Waals surface area contributed by atoms with Crippen LogP contribution in [0.1, 0.15) is 5.56 Å². The molecule has 0 unspecified atom stereocenters. The molecule has 6 nitrogen and oxygen atoms in total. The molecule has 3 aromatic rings. The van der Waals surface area contributed by atoms with Gasteiger partial charge in [-0.15, -0.1) is 0 Å². The lowest BCUT2D eigenvalue weighted by Crippen LogP contribution is -2.47. The Labute approximate surface area is 150 Å². The first-order valence-electron chi connectivity index (χ1n) is 8.01. The number of benzene rings is 1. The monoisotopic (exact) mass is 350 g/mol. The SMILES string of the molecule is N#Cc1cnc2ccccc2c1N1CCN(c2ncncc2Cl)CC1. The summed E-state index contributed by atoms with van der Waals surface area (Å²) in [6.07, 6.45) is 4.78. The standard InChI is InChI=1S/C18H15ClN6/c19-15-11-21-12-23-18(15)25-7-5-24(6-8-25)17-13(9-20)10-22-16-4-2-1-3-14(16)17/h1-4,10-12H,5-8H2. The Kier molecular flexibility index (Phi) is 4.08. The number of halogens is 1. The Morgan fingerprint density at radius 2 is 1.76 bits per heavy atom. The quantitative estimate of drug-likeness (QED) is 0.708. The third-order valence-corrected chi connectivity index (χ3v) is 4.68. The van der Waals surface area contributed by atoms with Gasteiger partial charge in [0.05, 0.1) is 23.0 Å². The van der Waals surface area contributed by atoms with Crippen molar-refractivity contribution in [2.45, 2.75) is 0 Å². The van der Waals surface area contributed by atoms with Gasteiger partial charge in [0.25, 0.3) is 0 Å². The van der Waals surface area contributed by atoms with Crippen molar-refractivity contribution in [1.82, 2.24) is 15.0 Å². The van der Waals surface area contributed by atoms with Crippen LogP contribution in [-0.4, -0.2) is 41.1 Å². The highest BCUT2D eigenvalue weighted by Gasteiger charge is 2.23. The lowest BCUT2D eigenvalue weighted by atomic mass is 10.1. The average molecular weight is 351 g/mol. The molecule has 7 heteroatoms. The van der Waals surface area contributed by atoms with E-state index >= 15 is 0 Å². The first kappa shape index (κ1) is 15.6. The highest BCUT2D eigenvalue weighted by atomic mass is 35.5. The lowest BCUT2D eigenvalue weighted by Gasteiger charge is -2.37. The number of pyridine rings is 1. The molecule has 1 fully saturated rings. The van der Waals surface area contributed by atoms with E-state index in [0.29, 0.717) is 10.6 Å². The van der Waals surface area contributed by atoms with E-state index in [4.69, 9.17) is 11.6 Å². The summed E-state index contributed by atoms with van der Waals surface area (Å²) in [5.74, 6) is 0.761. The van der Waals surface area contributed by atoms with Crippen LogP contribution in [0.2, 0.25) is 5.02 Å². The molecule has 0 N–H and O–H groups in total. The number of aromatic nitrogens is 3. The van der Waals surface area contributed by atoms with E-state index in [0.717, 1.165) is 48.6 Å². The number of rotatable bonds is 2. The number of hydrogen-bond acceptors (Lipinski definition) is 6. The Morgan fingerprint density at radius 1 is 1.00 bits per heavy atom. The Bertz CT molecular complexity index is 959. The van der Waals surface area contributed by atoms with E-state index in [2.05, 4.69) is 30.8 Å². The third-order valence-electron chi connectivity index (χ3n) is 4.41. The van der Waals surface area contributed by atoms with Crippen molar-refractivity contribution >= 4 is 34.0 Å². The second-order valence-electron chi connectivity index (χ2n) is 5.82. The van der Waals surface area contributed by atoms with Crippen LogP contribution in [0.4, 0.5) is 11.5 Å². The van der Waals surface area contributed by atoms with Crippen LogP contribution in [0.3, 0.4) is 0 Å². The topological polar surface area (TPSA) is 68.9 Å². The summed E-state index contributed by atoms with van der Waals surface area (Å²) in [5.41, 5.74) is 2.46. The van der Waals surface area contributed by atoms with Crippen LogP contribution in [0.5, 0.6) is 0 Å². The molecule has 1 aromatic carbocycles. The number of anilines is 2. The van der Waals surface area contributed by atoms with Gasteiger partial charge in [-0.2, -0.15) is 5.26 Å². The Balaban J connectivity index is 1.64. The number of fused-ring (bicyclic) bond motifs is 1. The second-order valence-corrected chi connectivity index (χ2v) is 6.23. The number of nitrogens with zero attached hydrogens (tertiary/aromatic N) is 6. The van der Waals surface area contributed by atoms with Crippen LogP contribution in [-0.2, 0) is 0 Å². The maximum absolute atomic E-state index is 9.51. The van der Waals surface area contributed by atoms with Crippen molar-refractivity contribution in [3.63, 3.8) is 0 Å². The molecule has 3 heterocycles. The van der Waals surface area contributed by atoms with Crippen LogP contribution < -0.4 is 9.80 Å². The van der Waals surface area contributed by atoms with Crippen molar-refractivity contribution in [3.05, 3.63) is 53.6 Å². The first-order chi connectivity index (χ1) is 12.3. The summed E-state index contributed by atoms with van der Waals surface area (Å²) in [6, 6.07) is 10.2. The van der Waals surface area contributed by atoms with Gasteiger partial charge in [0.1, 0.15) is 17.4 Å². The van der Waals surface area contributed by atoms with Gasteiger partial charge in [0.2, 0.25) is 0 Å². The van der Waals surface area contributed by atoms with Crippen molar-refractivity contribution in [2.24, 2.45) is 0 Å². The summed E-state index contributed by atoms with van der Waals surface area (Å²) in [6.45, 7) is 3.11. The molecule has 0 amide bonds. The second kappa shape index (κ2) is 6.54. The molecule has 0 bridgehead atoms. The van der Waals surface area contributed by atoms with Crippen molar-refractivity contribution in [1.29, 1.82) is 5.26 Å². The molecule has 124 valence electrons. The van der Waals surface area contributed by atoms with E-state index in [1.165, 1.54) is 6.33 Å². The zero-order valence-electron chi connectivity index (χ0n) is 13.4. The van der Waals surface area contributed by atoms with Gasteiger partial charge in [-0.05, 0) is 6.07 Å². The molecule has 25 heavy (non-hydrogen) atoms. The predicted octanol–water partition coefficient (Wildman–Crippen LogP) is 2.88. The normalized spacial score (nSPS) is 14.6. The summed E-state index contributed by atoms with van der Waals surface area (Å²) in [4.78, 5) is 17.0. The van der Waals surface area contributed by atoms with Crippen LogP contribution in [0.25, 0.3) is 10.9 Å². The third kappa shape index (κ3) is 2.83. The van der Waals surface area contributed by atoms with Gasteiger partial charge in [-0.25, -0.2) is 9.97 Å². The van der Waals surface area contributed by atoms with E-state index in [1.807, 2.05) is 24.3 Å². The van der Waals surface area contributed by atoms with Gasteiger partial charge in [0.15, 0.2) is 5.82 Å². The molecule has 1 saturated heterocycles. The van der Waals surface area contributed by atoms with Crippen LogP contribution in [0, 0.1) is 11.3 Å². The highest BCUT2D eigenvalue weighted by Crippen LogP contribution is 2.31. The molecule has 1 aliphatic rings. The minimum atomic E-state index is 0.558. The first-order valence-corrected chi connectivity index (χ1v) is 8.39. The molecule has 4 rings (SSSR count). The van der Waals surface area contributed by atoms with Gasteiger partial charge in [-0.1, -0.05) is 29.8 Å². The summed E-state index contributed by atoms with van der Waals surface area (Å²) in [5, 5.41) is 11.1. The zero-order chi connectivity index (χ0) is 17.2. The summed E-state index contributed by atoms with van der Waals surface area (Å²) < 4.78 is 0. The number of nitriles is 1. The Hall–Kier alpha value is -2.91. The van der Waals surface area contributed by atoms with Gasteiger partial charge < -0.3 is 9.80 Å².